The minimum atomic E-state index is -2.54. The van der Waals surface area contributed by atoms with Crippen molar-refractivity contribution in [1.29, 1.82) is 0 Å². The average molecular weight is 737 g/mol. The van der Waals surface area contributed by atoms with E-state index >= 15 is 0 Å². The zero-order chi connectivity index (χ0) is 48.6. The summed E-state index contributed by atoms with van der Waals surface area (Å²) in [7, 11) is 0. The molecule has 0 aliphatic heterocycles. The van der Waals surface area contributed by atoms with Crippen LogP contribution in [0.25, 0.3) is 61.0 Å². The van der Waals surface area contributed by atoms with E-state index < -0.39 is 67.4 Å². The molecule has 8 aromatic carbocycles. The number of hydrogen-bond acceptors (Lipinski definition) is 4. The molecule has 0 radical (unpaired) electrons. The summed E-state index contributed by atoms with van der Waals surface area (Å²) in [6, 6.07) is 34.0. The maximum absolute atomic E-state index is 8.85. The van der Waals surface area contributed by atoms with Crippen LogP contribution in [-0.4, -0.2) is 14.1 Å². The number of imidazole rings is 1. The molecule has 0 spiro atoms. The summed E-state index contributed by atoms with van der Waals surface area (Å²) >= 11 is 0. The summed E-state index contributed by atoms with van der Waals surface area (Å²) in [5.41, 5.74) is 4.08. The lowest BCUT2D eigenvalue weighted by Gasteiger charge is -2.20. The van der Waals surface area contributed by atoms with Crippen molar-refractivity contribution < 1.29 is 22.6 Å². The van der Waals surface area contributed by atoms with Gasteiger partial charge in [-0.05, 0) is 65.7 Å². The third-order valence-corrected chi connectivity index (χ3v) is 9.53. The third-order valence-electron chi connectivity index (χ3n) is 9.53. The Labute approximate surface area is 343 Å². The Morgan fingerprint density at radius 3 is 1.93 bits per heavy atom. The number of hydrogen-bond donors (Lipinski definition) is 2. The molecule has 0 atom stereocenters. The molecule has 268 valence electrons. The van der Waals surface area contributed by atoms with Crippen LogP contribution in [-0.2, 0) is 6.98 Å². The van der Waals surface area contributed by atoms with Crippen LogP contribution in [0, 0.1) is 0 Å². The highest BCUT2D eigenvalue weighted by atomic mass is 16.5. The molecule has 56 heavy (non-hydrogen) atoms. The molecule has 10 aromatic rings. The zero-order valence-electron chi connectivity index (χ0n) is 42.5. The van der Waals surface area contributed by atoms with Crippen molar-refractivity contribution in [2.45, 2.75) is 0 Å². The predicted molar refractivity (Wildman–Crippen MR) is 232 cm³/mol. The largest absolute Gasteiger partial charge is 0.457 e. The molecule has 0 fully saturated rings. The van der Waals surface area contributed by atoms with Crippen LogP contribution >= 0.6 is 0 Å². The van der Waals surface area contributed by atoms with Crippen molar-refractivity contribution >= 4 is 55.6 Å². The number of nitrogens with zero attached hydrogens (tertiary/aromatic N) is 3. The van der Waals surface area contributed by atoms with E-state index in [9.17, 15) is 0 Å². The first kappa shape index (κ1) is 22.0. The Kier molecular flexibility index (Phi) is 5.49. The molecule has 6 heteroatoms. The minimum Gasteiger partial charge on any atom is -0.457 e. The third kappa shape index (κ3) is 5.99. The number of rotatable bonds is 9. The average Bonchev–Trinajstić information content (AvgIpc) is 3.89. The van der Waals surface area contributed by atoms with Crippen LogP contribution in [0.2, 0.25) is 0 Å². The van der Waals surface area contributed by atoms with Crippen LogP contribution in [0.1, 0.15) is 17.8 Å². The Hall–Kier alpha value is -7.57. The van der Waals surface area contributed by atoms with Gasteiger partial charge in [-0.2, -0.15) is 0 Å². The van der Waals surface area contributed by atoms with Gasteiger partial charge < -0.3 is 19.9 Å². The monoisotopic (exact) mass is 736 g/mol. The van der Waals surface area contributed by atoms with Gasteiger partial charge in [0.15, 0.2) is 0 Å². The topological polar surface area (TPSA) is 56.0 Å². The van der Waals surface area contributed by atoms with Gasteiger partial charge in [-0.25, -0.2) is 4.98 Å². The van der Waals surface area contributed by atoms with E-state index in [1.165, 1.54) is 10.6 Å². The van der Waals surface area contributed by atoms with Crippen LogP contribution in [0.3, 0.4) is 0 Å². The first-order valence-electron chi connectivity index (χ1n) is 24.2. The van der Waals surface area contributed by atoms with Crippen molar-refractivity contribution in [3.05, 3.63) is 194 Å². The standard InChI is InChI=1S/C50H37N5O/c1-54-47-29-13-11-27-45(47)53-50(54)55-46-28-12-8-22-41(46)42-31-30-38(33-48(42)55)56-37-21-14-20-36(32-37)51-43-25-9-10-26-44(43)52-49-39(34-16-4-2-5-17-34)23-15-24-40(49)35-18-6-3-7-19-35/h2-33,51-52H,1H3/i1D3,2D,3D,4D,5D,6D,7D,16D,17D,18D,19D. The number of benzene rings is 8. The fourth-order valence-electron chi connectivity index (χ4n) is 7.03. The molecule has 0 amide bonds. The van der Waals surface area contributed by atoms with Gasteiger partial charge in [0.2, 0.25) is 5.95 Å². The molecule has 0 aliphatic carbocycles. The molecule has 0 saturated carbocycles. The minimum absolute atomic E-state index is 0.128. The second-order valence-corrected chi connectivity index (χ2v) is 12.9. The highest BCUT2D eigenvalue weighted by Crippen LogP contribution is 2.41. The van der Waals surface area contributed by atoms with Gasteiger partial charge in [0.05, 0.1) is 52.8 Å². The van der Waals surface area contributed by atoms with Crippen molar-refractivity contribution in [2.75, 3.05) is 10.6 Å². The molecular weight excluding hydrogens is 687 g/mol. The maximum Gasteiger partial charge on any atom is 0.215 e. The molecule has 0 aliphatic rings. The van der Waals surface area contributed by atoms with Crippen LogP contribution < -0.4 is 15.4 Å². The molecule has 2 heterocycles. The molecule has 0 unspecified atom stereocenters. The highest BCUT2D eigenvalue weighted by Gasteiger charge is 2.18. The van der Waals surface area contributed by atoms with Crippen LogP contribution in [0.15, 0.2) is 194 Å². The molecule has 10 rings (SSSR count). The van der Waals surface area contributed by atoms with Crippen molar-refractivity contribution in [3.63, 3.8) is 0 Å². The predicted octanol–water partition coefficient (Wildman–Crippen LogP) is 13.3. The fraction of sp³-hybridized carbons (Fsp3) is 0.0200. The second-order valence-electron chi connectivity index (χ2n) is 12.9. The van der Waals surface area contributed by atoms with Gasteiger partial charge in [0.25, 0.3) is 0 Å². The number of aromatic nitrogens is 3. The van der Waals surface area contributed by atoms with E-state index in [0.717, 1.165) is 16.3 Å². The molecule has 2 aromatic heterocycles. The van der Waals surface area contributed by atoms with Gasteiger partial charge in [-0.3, -0.25) is 4.57 Å². The SMILES string of the molecule is [2H]c1c([2H])c([2H])c(-c2cccc(-c3c([2H])c([2H])c([2H])c([2H])c3[2H])c2Nc2ccccc2Nc2cccc(Oc3ccc4c5ccccc5n(-c5nc6ccccc6n5C([2H])([2H])[2H])c4c3)c2)c([2H])c1[2H]. The molecular formula is C50H37N5O. The molecule has 0 bridgehead atoms. The lowest BCUT2D eigenvalue weighted by atomic mass is 9.95. The number of para-hydroxylation sites is 6. The number of fused-ring (bicyclic) bond motifs is 4. The summed E-state index contributed by atoms with van der Waals surface area (Å²) in [5, 5.41) is 8.54. The first-order chi connectivity index (χ1) is 33.0. The van der Waals surface area contributed by atoms with Crippen LogP contribution in [0.4, 0.5) is 22.7 Å². The molecule has 2 N–H and O–H groups in total. The Balaban J connectivity index is 1.04. The van der Waals surface area contributed by atoms with Gasteiger partial charge in [-0.1, -0.05) is 127 Å². The van der Waals surface area contributed by atoms with E-state index in [2.05, 4.69) is 10.6 Å². The van der Waals surface area contributed by atoms with E-state index in [0.29, 0.717) is 45.1 Å². The highest BCUT2D eigenvalue weighted by molar-refractivity contribution is 6.09. The quantitative estimate of drug-likeness (QED) is 0.155. The maximum atomic E-state index is 8.85. The second kappa shape index (κ2) is 14.0. The van der Waals surface area contributed by atoms with Crippen molar-refractivity contribution in [1.82, 2.24) is 14.1 Å². The number of ether oxygens (including phenoxy) is 1. The van der Waals surface area contributed by atoms with Gasteiger partial charge in [0, 0.05) is 50.8 Å². The Morgan fingerprint density at radius 1 is 0.554 bits per heavy atom. The van der Waals surface area contributed by atoms with E-state index in [-0.39, 0.29) is 33.9 Å². The van der Waals surface area contributed by atoms with E-state index in [1.807, 2.05) is 59.2 Å². The summed E-state index contributed by atoms with van der Waals surface area (Å²) in [6.07, 6.45) is 0. The number of nitrogens with one attached hydrogen (secondary N) is 2. The van der Waals surface area contributed by atoms with Gasteiger partial charge in [0.1, 0.15) is 11.5 Å². The number of aryl methyl sites for hydroxylation is 1. The zero-order valence-corrected chi connectivity index (χ0v) is 29.5. The normalized spacial score (nSPS) is 14.8. The lowest BCUT2D eigenvalue weighted by Crippen LogP contribution is -2.03. The molecule has 0 saturated heterocycles. The Morgan fingerprint density at radius 2 is 1.18 bits per heavy atom. The summed E-state index contributed by atoms with van der Waals surface area (Å²) in [5.74, 6) is 1.15. The van der Waals surface area contributed by atoms with E-state index in [1.54, 1.807) is 72.8 Å². The van der Waals surface area contributed by atoms with Gasteiger partial charge in [-0.15, -0.1) is 0 Å². The smallest absolute Gasteiger partial charge is 0.215 e. The molecule has 6 nitrogen and oxygen atoms in total. The lowest BCUT2D eigenvalue weighted by molar-refractivity contribution is 0.483. The summed E-state index contributed by atoms with van der Waals surface area (Å²) < 4.78 is 121. The summed E-state index contributed by atoms with van der Waals surface area (Å²) in [4.78, 5) is 4.83. The summed E-state index contributed by atoms with van der Waals surface area (Å²) in [6.45, 7) is -2.54. The van der Waals surface area contributed by atoms with E-state index in [4.69, 9.17) is 27.5 Å². The first-order valence-corrected chi connectivity index (χ1v) is 17.7. The number of anilines is 4. The Bertz CT molecular complexity index is 3590. The van der Waals surface area contributed by atoms with Crippen LogP contribution in [0.5, 0.6) is 11.5 Å². The van der Waals surface area contributed by atoms with Crippen molar-refractivity contribution in [2.24, 2.45) is 6.98 Å². The van der Waals surface area contributed by atoms with Crippen molar-refractivity contribution in [3.8, 4) is 39.7 Å². The fourth-order valence-corrected chi connectivity index (χ4v) is 7.03. The van der Waals surface area contributed by atoms with Gasteiger partial charge >= 0.3 is 0 Å².